The van der Waals surface area contributed by atoms with Crippen LogP contribution >= 0.6 is 0 Å². The van der Waals surface area contributed by atoms with Crippen LogP contribution in [-0.4, -0.2) is 33.4 Å². The van der Waals surface area contributed by atoms with Crippen molar-refractivity contribution in [2.24, 2.45) is 0 Å². The van der Waals surface area contributed by atoms with Crippen molar-refractivity contribution in [3.63, 3.8) is 0 Å². The second-order valence-electron chi connectivity index (χ2n) is 3.74. The van der Waals surface area contributed by atoms with Crippen molar-refractivity contribution >= 4 is 11.6 Å². The van der Waals surface area contributed by atoms with E-state index in [1.54, 1.807) is 25.6 Å². The zero-order valence-corrected chi connectivity index (χ0v) is 10.2. The van der Waals surface area contributed by atoms with Gasteiger partial charge in [-0.15, -0.1) is 0 Å². The fourth-order valence-electron chi connectivity index (χ4n) is 1.48. The number of aromatic nitrogens is 4. The maximum Gasteiger partial charge on any atom is 0.225 e. The molecule has 0 fully saturated rings. The molecule has 7 nitrogen and oxygen atoms in total. The van der Waals surface area contributed by atoms with Crippen LogP contribution in [0.25, 0.3) is 0 Å². The van der Waals surface area contributed by atoms with Gasteiger partial charge in [-0.3, -0.25) is 4.68 Å². The summed E-state index contributed by atoms with van der Waals surface area (Å²) in [6.45, 7) is 1.56. The Balaban J connectivity index is 1.74. The quantitative estimate of drug-likeness (QED) is 0.734. The number of hydrogen-bond acceptors (Lipinski definition) is 6. The van der Waals surface area contributed by atoms with E-state index in [4.69, 9.17) is 10.5 Å². The van der Waals surface area contributed by atoms with E-state index in [0.29, 0.717) is 17.5 Å². The topological polar surface area (TPSA) is 90.9 Å². The molecule has 0 saturated carbocycles. The van der Waals surface area contributed by atoms with Gasteiger partial charge in [-0.05, 0) is 6.42 Å². The van der Waals surface area contributed by atoms with E-state index in [0.717, 1.165) is 19.5 Å². The molecule has 0 radical (unpaired) electrons. The third-order valence-corrected chi connectivity index (χ3v) is 2.34. The fourth-order valence-corrected chi connectivity index (χ4v) is 1.48. The normalized spacial score (nSPS) is 10.3. The van der Waals surface area contributed by atoms with Crippen molar-refractivity contribution in [3.8, 4) is 5.88 Å². The van der Waals surface area contributed by atoms with E-state index in [1.165, 1.54) is 0 Å². The Morgan fingerprint density at radius 3 is 3.11 bits per heavy atom. The van der Waals surface area contributed by atoms with Crippen molar-refractivity contribution in [2.75, 3.05) is 24.7 Å². The lowest BCUT2D eigenvalue weighted by molar-refractivity contribution is 0.397. The van der Waals surface area contributed by atoms with Gasteiger partial charge in [0.05, 0.1) is 19.0 Å². The summed E-state index contributed by atoms with van der Waals surface area (Å²) in [5.41, 5.74) is 6.25. The first-order valence-electron chi connectivity index (χ1n) is 5.67. The number of hydrogen-bond donors (Lipinski definition) is 2. The minimum atomic E-state index is 0.548. The van der Waals surface area contributed by atoms with Crippen molar-refractivity contribution in [3.05, 3.63) is 24.7 Å². The number of ether oxygens (including phenoxy) is 1. The fraction of sp³-hybridized carbons (Fsp3) is 0.364. The molecule has 0 aliphatic heterocycles. The van der Waals surface area contributed by atoms with E-state index < -0.39 is 0 Å². The Bertz CT molecular complexity index is 498. The molecule has 2 rings (SSSR count). The number of nitrogens with one attached hydrogen (secondary N) is 1. The molecule has 2 aromatic rings. The van der Waals surface area contributed by atoms with Gasteiger partial charge >= 0.3 is 0 Å². The van der Waals surface area contributed by atoms with Gasteiger partial charge in [0.25, 0.3) is 0 Å². The first kappa shape index (κ1) is 12.2. The molecule has 0 bridgehead atoms. The summed E-state index contributed by atoms with van der Waals surface area (Å²) < 4.78 is 6.82. The van der Waals surface area contributed by atoms with Crippen molar-refractivity contribution in [1.29, 1.82) is 0 Å². The molecular formula is C11H16N6O. The summed E-state index contributed by atoms with van der Waals surface area (Å²) in [6, 6.07) is 1.71. The second kappa shape index (κ2) is 5.85. The minimum Gasteiger partial charge on any atom is -0.481 e. The second-order valence-corrected chi connectivity index (χ2v) is 3.74. The van der Waals surface area contributed by atoms with Crippen LogP contribution in [0.3, 0.4) is 0 Å². The van der Waals surface area contributed by atoms with Gasteiger partial charge in [0.15, 0.2) is 0 Å². The average molecular weight is 248 g/mol. The summed E-state index contributed by atoms with van der Waals surface area (Å²) in [5, 5.41) is 7.22. The van der Waals surface area contributed by atoms with Gasteiger partial charge in [0.1, 0.15) is 0 Å². The maximum atomic E-state index is 5.57. The van der Waals surface area contributed by atoms with Crippen LogP contribution < -0.4 is 15.8 Å². The van der Waals surface area contributed by atoms with E-state index in [-0.39, 0.29) is 0 Å². The number of rotatable bonds is 6. The van der Waals surface area contributed by atoms with Crippen LogP contribution in [-0.2, 0) is 6.54 Å². The average Bonchev–Trinajstić information content (AvgIpc) is 2.81. The van der Waals surface area contributed by atoms with E-state index in [2.05, 4.69) is 20.4 Å². The Morgan fingerprint density at radius 1 is 1.50 bits per heavy atom. The predicted molar refractivity (Wildman–Crippen MR) is 68.3 cm³/mol. The highest BCUT2D eigenvalue weighted by atomic mass is 16.5. The molecule has 18 heavy (non-hydrogen) atoms. The standard InChI is InChI=1S/C11H16N6O/c1-18-10-3-5-14-11(16-10)13-4-2-6-17-8-9(12)7-15-17/h3,5,7-8H,2,4,6,12H2,1H3,(H,13,14,16). The van der Waals surface area contributed by atoms with Crippen LogP contribution in [0.4, 0.5) is 11.6 Å². The predicted octanol–water partition coefficient (Wildman–Crippen LogP) is 0.766. The maximum absolute atomic E-state index is 5.57. The molecule has 0 aromatic carbocycles. The van der Waals surface area contributed by atoms with Crippen LogP contribution in [0, 0.1) is 0 Å². The molecule has 0 amide bonds. The number of nitrogens with zero attached hydrogens (tertiary/aromatic N) is 4. The molecule has 0 aliphatic rings. The summed E-state index contributed by atoms with van der Waals surface area (Å²) in [7, 11) is 1.58. The number of methoxy groups -OCH3 is 1. The zero-order valence-electron chi connectivity index (χ0n) is 10.2. The SMILES string of the molecule is COc1ccnc(NCCCn2cc(N)cn2)n1. The number of aryl methyl sites for hydroxylation is 1. The van der Waals surface area contributed by atoms with Crippen LogP contribution in [0.15, 0.2) is 24.7 Å². The summed E-state index contributed by atoms with van der Waals surface area (Å²) in [4.78, 5) is 8.24. The van der Waals surface area contributed by atoms with Crippen molar-refractivity contribution in [2.45, 2.75) is 13.0 Å². The van der Waals surface area contributed by atoms with Gasteiger partial charge < -0.3 is 15.8 Å². The molecule has 0 spiro atoms. The Hall–Kier alpha value is -2.31. The number of anilines is 2. The molecule has 2 aromatic heterocycles. The summed E-state index contributed by atoms with van der Waals surface area (Å²) in [6.07, 6.45) is 6.00. The van der Waals surface area contributed by atoms with Gasteiger partial charge in [-0.2, -0.15) is 10.1 Å². The molecule has 3 N–H and O–H groups in total. The highest BCUT2D eigenvalue weighted by Crippen LogP contribution is 2.07. The first-order chi connectivity index (χ1) is 8.78. The lowest BCUT2D eigenvalue weighted by atomic mass is 10.4. The minimum absolute atomic E-state index is 0.548. The molecule has 7 heteroatoms. The van der Waals surface area contributed by atoms with Gasteiger partial charge in [0, 0.05) is 31.5 Å². The van der Waals surface area contributed by atoms with Gasteiger partial charge in [-0.1, -0.05) is 0 Å². The molecule has 0 saturated heterocycles. The highest BCUT2D eigenvalue weighted by molar-refractivity contribution is 5.30. The molecule has 2 heterocycles. The summed E-state index contributed by atoms with van der Waals surface area (Å²) >= 11 is 0. The van der Waals surface area contributed by atoms with Crippen LogP contribution in [0.2, 0.25) is 0 Å². The van der Waals surface area contributed by atoms with E-state index in [9.17, 15) is 0 Å². The Labute approximate surface area is 105 Å². The van der Waals surface area contributed by atoms with Crippen LogP contribution in [0.1, 0.15) is 6.42 Å². The van der Waals surface area contributed by atoms with E-state index >= 15 is 0 Å². The molecule has 0 aliphatic carbocycles. The molecule has 96 valence electrons. The first-order valence-corrected chi connectivity index (χ1v) is 5.67. The molecule has 0 unspecified atom stereocenters. The van der Waals surface area contributed by atoms with Crippen molar-refractivity contribution in [1.82, 2.24) is 19.7 Å². The molecule has 0 atom stereocenters. The van der Waals surface area contributed by atoms with Gasteiger partial charge in [-0.25, -0.2) is 4.98 Å². The van der Waals surface area contributed by atoms with Crippen molar-refractivity contribution < 1.29 is 4.74 Å². The number of nitrogen functional groups attached to an aromatic ring is 1. The zero-order chi connectivity index (χ0) is 12.8. The summed E-state index contributed by atoms with van der Waals surface area (Å²) in [5.74, 6) is 1.11. The monoisotopic (exact) mass is 248 g/mol. The third kappa shape index (κ3) is 3.34. The van der Waals surface area contributed by atoms with Gasteiger partial charge in [0.2, 0.25) is 11.8 Å². The lowest BCUT2D eigenvalue weighted by Crippen LogP contribution is -2.09. The van der Waals surface area contributed by atoms with Crippen LogP contribution in [0.5, 0.6) is 5.88 Å². The smallest absolute Gasteiger partial charge is 0.225 e. The molecular weight excluding hydrogens is 232 g/mol. The Morgan fingerprint density at radius 2 is 2.39 bits per heavy atom. The third-order valence-electron chi connectivity index (χ3n) is 2.34. The lowest BCUT2D eigenvalue weighted by Gasteiger charge is -2.05. The largest absolute Gasteiger partial charge is 0.481 e. The number of nitrogens with two attached hydrogens (primary N) is 1. The Kier molecular flexibility index (Phi) is 3.95. The highest BCUT2D eigenvalue weighted by Gasteiger charge is 1.98. The van der Waals surface area contributed by atoms with E-state index in [1.807, 2.05) is 10.9 Å².